The molecule has 4 heterocycles. The van der Waals surface area contributed by atoms with Crippen molar-refractivity contribution >= 4 is 55.9 Å². The van der Waals surface area contributed by atoms with Crippen LogP contribution in [0, 0.1) is 0 Å². The van der Waals surface area contributed by atoms with E-state index in [9.17, 15) is 0 Å². The number of nitrogens with zero attached hydrogens (tertiary/aromatic N) is 5. The summed E-state index contributed by atoms with van der Waals surface area (Å²) in [6.07, 6.45) is 2.58. The highest BCUT2D eigenvalue weighted by Crippen LogP contribution is 2.35. The number of aliphatic imine (C=N–C) groups is 1. The molecule has 134 valence electrons. The lowest BCUT2D eigenvalue weighted by Gasteiger charge is -2.36. The Labute approximate surface area is 161 Å². The predicted molar refractivity (Wildman–Crippen MR) is 110 cm³/mol. The maximum Gasteiger partial charge on any atom is 0.159 e. The van der Waals surface area contributed by atoms with Crippen LogP contribution >= 0.6 is 34.7 Å². The predicted octanol–water partition coefficient (Wildman–Crippen LogP) is 3.48. The Morgan fingerprint density at radius 1 is 1.16 bits per heavy atom. The first-order valence-electron chi connectivity index (χ1n) is 8.58. The summed E-state index contributed by atoms with van der Waals surface area (Å²) >= 11 is 9.52. The number of anilines is 1. The second-order valence-corrected chi connectivity index (χ2v) is 10.2. The zero-order chi connectivity index (χ0) is 17.4. The molecule has 0 atom stereocenters. The number of thiophene rings is 1. The van der Waals surface area contributed by atoms with E-state index >= 15 is 0 Å². The normalized spacial score (nSPS) is 20.4. The van der Waals surface area contributed by atoms with Crippen molar-refractivity contribution in [3.05, 3.63) is 17.3 Å². The number of alkyl halides is 1. The third kappa shape index (κ3) is 3.59. The quantitative estimate of drug-likeness (QED) is 0.744. The fourth-order valence-corrected chi connectivity index (χ4v) is 5.57. The van der Waals surface area contributed by atoms with E-state index in [1.807, 2.05) is 11.8 Å². The lowest BCUT2D eigenvalue weighted by atomic mass is 10.2. The van der Waals surface area contributed by atoms with Crippen molar-refractivity contribution in [3.8, 4) is 0 Å². The van der Waals surface area contributed by atoms with E-state index in [-0.39, 0.29) is 4.75 Å². The molecule has 0 spiro atoms. The van der Waals surface area contributed by atoms with Gasteiger partial charge in [0.1, 0.15) is 17.0 Å². The molecular weight excluding hydrogens is 374 g/mol. The summed E-state index contributed by atoms with van der Waals surface area (Å²) < 4.78 is 0.237. The van der Waals surface area contributed by atoms with Gasteiger partial charge in [0.25, 0.3) is 0 Å². The van der Waals surface area contributed by atoms with Gasteiger partial charge in [-0.3, -0.25) is 4.99 Å². The van der Waals surface area contributed by atoms with Crippen LogP contribution in [0.15, 0.2) is 17.4 Å². The molecule has 25 heavy (non-hydrogen) atoms. The molecule has 0 unspecified atom stereocenters. The number of fused-ring (bicyclic) bond motifs is 1. The molecule has 0 aromatic carbocycles. The summed E-state index contributed by atoms with van der Waals surface area (Å²) in [5.41, 5.74) is 0. The Balaban J connectivity index is 1.48. The van der Waals surface area contributed by atoms with Crippen molar-refractivity contribution in [2.75, 3.05) is 43.5 Å². The van der Waals surface area contributed by atoms with E-state index in [1.165, 1.54) is 10.0 Å². The highest BCUT2D eigenvalue weighted by atomic mass is 35.5. The fourth-order valence-electron chi connectivity index (χ4n) is 3.21. The highest BCUT2D eigenvalue weighted by molar-refractivity contribution is 8.15. The van der Waals surface area contributed by atoms with E-state index in [0.717, 1.165) is 55.2 Å². The molecule has 2 aliphatic rings. The van der Waals surface area contributed by atoms with Gasteiger partial charge < -0.3 is 9.80 Å². The van der Waals surface area contributed by atoms with Crippen molar-refractivity contribution in [1.29, 1.82) is 0 Å². The van der Waals surface area contributed by atoms with Crippen LogP contribution in [-0.4, -0.2) is 63.4 Å². The Hall–Kier alpha value is -1.05. The minimum Gasteiger partial charge on any atom is -0.352 e. The number of aryl methyl sites for hydroxylation is 1. The topological polar surface area (TPSA) is 44.6 Å². The van der Waals surface area contributed by atoms with Gasteiger partial charge >= 0.3 is 0 Å². The van der Waals surface area contributed by atoms with E-state index in [2.05, 4.69) is 39.7 Å². The van der Waals surface area contributed by atoms with Crippen molar-refractivity contribution < 1.29 is 0 Å². The molecule has 4 rings (SSSR count). The minimum absolute atomic E-state index is 0.237. The van der Waals surface area contributed by atoms with Crippen molar-refractivity contribution in [3.63, 3.8) is 0 Å². The van der Waals surface area contributed by atoms with Crippen LogP contribution in [0.5, 0.6) is 0 Å². The molecule has 1 saturated heterocycles. The van der Waals surface area contributed by atoms with Gasteiger partial charge in [-0.25, -0.2) is 9.97 Å². The van der Waals surface area contributed by atoms with E-state index in [0.29, 0.717) is 5.88 Å². The third-order valence-electron chi connectivity index (χ3n) is 4.51. The molecule has 0 saturated carbocycles. The number of thioether (sulfide) groups is 1. The summed E-state index contributed by atoms with van der Waals surface area (Å²) in [6.45, 7) is 9.35. The van der Waals surface area contributed by atoms with Gasteiger partial charge in [0.2, 0.25) is 0 Å². The Morgan fingerprint density at radius 3 is 2.60 bits per heavy atom. The second kappa shape index (κ2) is 6.93. The van der Waals surface area contributed by atoms with Gasteiger partial charge in [-0.05, 0) is 26.3 Å². The lowest BCUT2D eigenvalue weighted by molar-refractivity contribution is 0.391. The Bertz CT molecular complexity index is 795. The summed E-state index contributed by atoms with van der Waals surface area (Å²) in [6, 6.07) is 2.21. The molecule has 1 fully saturated rings. The zero-order valence-corrected chi connectivity index (χ0v) is 16.9. The van der Waals surface area contributed by atoms with Crippen LogP contribution in [0.3, 0.4) is 0 Å². The SMILES string of the molecule is CC1(C)CN=C(N2CCN(c3ncnc4sc(CCCl)cc34)CC2)S1. The number of halogens is 1. The van der Waals surface area contributed by atoms with Gasteiger partial charge in [-0.15, -0.1) is 22.9 Å². The van der Waals surface area contributed by atoms with E-state index < -0.39 is 0 Å². The molecule has 0 N–H and O–H groups in total. The maximum atomic E-state index is 5.89. The van der Waals surface area contributed by atoms with Crippen molar-refractivity contribution in [2.45, 2.75) is 25.0 Å². The first kappa shape index (κ1) is 17.4. The molecule has 0 aliphatic carbocycles. The lowest BCUT2D eigenvalue weighted by Crippen LogP contribution is -2.48. The number of hydrogen-bond donors (Lipinski definition) is 0. The number of amidine groups is 1. The average molecular weight is 396 g/mol. The molecule has 0 radical (unpaired) electrons. The van der Waals surface area contributed by atoms with Crippen LogP contribution in [-0.2, 0) is 6.42 Å². The summed E-state index contributed by atoms with van der Waals surface area (Å²) in [7, 11) is 0. The van der Waals surface area contributed by atoms with E-state index in [1.54, 1.807) is 17.7 Å². The smallest absolute Gasteiger partial charge is 0.159 e. The molecule has 0 bridgehead atoms. The number of hydrogen-bond acceptors (Lipinski definition) is 7. The standard InChI is InChI=1S/C17H22ClN5S2/c1-17(2)10-19-16(25-17)23-7-5-22(6-8-23)14-13-9-12(3-4-18)24-15(13)21-11-20-14/h9,11H,3-8,10H2,1-2H3. The number of aromatic nitrogens is 2. The largest absolute Gasteiger partial charge is 0.352 e. The van der Waals surface area contributed by atoms with Gasteiger partial charge in [-0.1, -0.05) is 11.8 Å². The molecule has 2 aromatic rings. The van der Waals surface area contributed by atoms with Crippen LogP contribution in [0.4, 0.5) is 5.82 Å². The third-order valence-corrected chi connectivity index (χ3v) is 7.06. The van der Waals surface area contributed by atoms with Gasteiger partial charge in [-0.2, -0.15) is 0 Å². The first-order chi connectivity index (χ1) is 12.1. The van der Waals surface area contributed by atoms with E-state index in [4.69, 9.17) is 16.6 Å². The van der Waals surface area contributed by atoms with Crippen LogP contribution in [0.2, 0.25) is 0 Å². The molecule has 5 nitrogen and oxygen atoms in total. The summed E-state index contributed by atoms with van der Waals surface area (Å²) in [5, 5.41) is 2.37. The zero-order valence-electron chi connectivity index (χ0n) is 14.5. The Morgan fingerprint density at radius 2 is 1.92 bits per heavy atom. The molecule has 8 heteroatoms. The monoisotopic (exact) mass is 395 g/mol. The first-order valence-corrected chi connectivity index (χ1v) is 10.8. The van der Waals surface area contributed by atoms with Crippen LogP contribution < -0.4 is 4.90 Å². The molecular formula is C17H22ClN5S2. The molecule has 0 amide bonds. The number of rotatable bonds is 3. The maximum absolute atomic E-state index is 5.89. The van der Waals surface area contributed by atoms with Crippen molar-refractivity contribution in [1.82, 2.24) is 14.9 Å². The molecule has 2 aromatic heterocycles. The summed E-state index contributed by atoms with van der Waals surface area (Å²) in [4.78, 5) is 20.9. The van der Waals surface area contributed by atoms with Gasteiger partial charge in [0, 0.05) is 41.7 Å². The highest BCUT2D eigenvalue weighted by Gasteiger charge is 2.32. The fraction of sp³-hybridized carbons (Fsp3) is 0.588. The average Bonchev–Trinajstić information content (AvgIpc) is 3.17. The summed E-state index contributed by atoms with van der Waals surface area (Å²) in [5.74, 6) is 1.70. The van der Waals surface area contributed by atoms with Gasteiger partial charge in [0.15, 0.2) is 5.17 Å². The second-order valence-electron chi connectivity index (χ2n) is 7.00. The minimum atomic E-state index is 0.237. The molecule has 2 aliphatic heterocycles. The van der Waals surface area contributed by atoms with Crippen LogP contribution in [0.1, 0.15) is 18.7 Å². The Kier molecular flexibility index (Phi) is 4.81. The van der Waals surface area contributed by atoms with Crippen molar-refractivity contribution in [2.24, 2.45) is 4.99 Å². The van der Waals surface area contributed by atoms with Crippen LogP contribution in [0.25, 0.3) is 10.2 Å². The van der Waals surface area contributed by atoms with Gasteiger partial charge in [0.05, 0.1) is 11.9 Å². The number of piperazine rings is 1.